The second-order valence-corrected chi connectivity index (χ2v) is 6.41. The lowest BCUT2D eigenvalue weighted by Gasteiger charge is -2.13. The van der Waals surface area contributed by atoms with Crippen molar-refractivity contribution in [2.45, 2.75) is 0 Å². The predicted molar refractivity (Wildman–Crippen MR) is 101 cm³/mol. The summed E-state index contributed by atoms with van der Waals surface area (Å²) in [4.78, 5) is 25.6. The third kappa shape index (κ3) is 3.72. The van der Waals surface area contributed by atoms with Gasteiger partial charge in [0.25, 0.3) is 0 Å². The maximum atomic E-state index is 12.5. The van der Waals surface area contributed by atoms with Gasteiger partial charge >= 0.3 is 6.09 Å². The molecule has 1 saturated heterocycles. The van der Waals surface area contributed by atoms with Gasteiger partial charge in [0, 0.05) is 15.7 Å². The van der Waals surface area contributed by atoms with Gasteiger partial charge < -0.3 is 14.6 Å². The number of rotatable bonds is 5. The van der Waals surface area contributed by atoms with Crippen LogP contribution in [0.1, 0.15) is 15.9 Å². The zero-order valence-electron chi connectivity index (χ0n) is 13.9. The Morgan fingerprint density at radius 1 is 1.35 bits per heavy atom. The molecular formula is C19H16BrNO5. The van der Waals surface area contributed by atoms with Crippen LogP contribution in [-0.4, -0.2) is 37.2 Å². The summed E-state index contributed by atoms with van der Waals surface area (Å²) in [5.41, 5.74) is 1.77. The van der Waals surface area contributed by atoms with Crippen molar-refractivity contribution >= 4 is 39.6 Å². The number of aromatic hydroxyl groups is 1. The van der Waals surface area contributed by atoms with E-state index in [1.165, 1.54) is 24.2 Å². The molecule has 1 fully saturated rings. The first-order valence-electron chi connectivity index (χ1n) is 7.83. The molecule has 0 atom stereocenters. The van der Waals surface area contributed by atoms with E-state index in [2.05, 4.69) is 15.9 Å². The van der Waals surface area contributed by atoms with E-state index in [9.17, 15) is 14.7 Å². The molecule has 1 aliphatic heterocycles. The first kappa shape index (κ1) is 18.0. The fraction of sp³-hybridized carbons (Fsp3) is 0.158. The molecule has 1 amide bonds. The van der Waals surface area contributed by atoms with Crippen molar-refractivity contribution in [1.29, 1.82) is 0 Å². The number of anilines is 1. The van der Waals surface area contributed by atoms with Crippen LogP contribution < -0.4 is 9.64 Å². The van der Waals surface area contributed by atoms with E-state index in [-0.39, 0.29) is 11.5 Å². The number of ketones is 1. The van der Waals surface area contributed by atoms with Crippen LogP contribution in [0.25, 0.3) is 6.08 Å². The van der Waals surface area contributed by atoms with Crippen LogP contribution in [0, 0.1) is 0 Å². The molecular weight excluding hydrogens is 402 g/mol. The summed E-state index contributed by atoms with van der Waals surface area (Å²) in [6.45, 7) is 0.806. The fourth-order valence-electron chi connectivity index (χ4n) is 2.57. The monoisotopic (exact) mass is 417 g/mol. The van der Waals surface area contributed by atoms with Crippen molar-refractivity contribution in [1.82, 2.24) is 0 Å². The molecule has 1 N–H and O–H groups in total. The summed E-state index contributed by atoms with van der Waals surface area (Å²) in [7, 11) is 1.45. The highest BCUT2D eigenvalue weighted by Crippen LogP contribution is 2.33. The van der Waals surface area contributed by atoms with Crippen LogP contribution in [0.5, 0.6) is 11.5 Å². The first-order valence-corrected chi connectivity index (χ1v) is 8.62. The van der Waals surface area contributed by atoms with Crippen molar-refractivity contribution in [3.05, 3.63) is 58.1 Å². The number of carbonyl (C=O) groups excluding carboxylic acids is 2. The van der Waals surface area contributed by atoms with Crippen LogP contribution in [0.4, 0.5) is 10.5 Å². The molecule has 134 valence electrons. The Labute approximate surface area is 158 Å². The number of hydrogen-bond donors (Lipinski definition) is 1. The van der Waals surface area contributed by atoms with Crippen molar-refractivity contribution in [2.24, 2.45) is 0 Å². The number of carbonyl (C=O) groups is 2. The van der Waals surface area contributed by atoms with Gasteiger partial charge in [-0.15, -0.1) is 0 Å². The number of amides is 1. The van der Waals surface area contributed by atoms with E-state index in [4.69, 9.17) is 9.47 Å². The van der Waals surface area contributed by atoms with Gasteiger partial charge in [-0.25, -0.2) is 4.79 Å². The molecule has 7 heteroatoms. The topological polar surface area (TPSA) is 76.1 Å². The smallest absolute Gasteiger partial charge is 0.414 e. The molecule has 6 nitrogen and oxygen atoms in total. The lowest BCUT2D eigenvalue weighted by molar-refractivity contribution is 0.104. The van der Waals surface area contributed by atoms with Crippen LogP contribution >= 0.6 is 15.9 Å². The molecule has 2 aromatic rings. The molecule has 0 unspecified atom stereocenters. The average Bonchev–Trinajstić information content (AvgIpc) is 3.07. The number of phenolic OH excluding ortho intramolecular Hbond substituents is 1. The minimum absolute atomic E-state index is 0.00746. The predicted octanol–water partition coefficient (Wildman–Crippen LogP) is 4.02. The summed E-state index contributed by atoms with van der Waals surface area (Å²) in [6.07, 6.45) is 2.65. The van der Waals surface area contributed by atoms with Gasteiger partial charge in [-0.2, -0.15) is 0 Å². The van der Waals surface area contributed by atoms with Crippen molar-refractivity contribution < 1.29 is 24.2 Å². The number of halogens is 1. The van der Waals surface area contributed by atoms with Gasteiger partial charge in [0.2, 0.25) is 0 Å². The summed E-state index contributed by atoms with van der Waals surface area (Å²) in [6, 6.07) is 9.95. The zero-order chi connectivity index (χ0) is 18.7. The SMILES string of the molecule is COc1cc(C=CC(=O)c2cccc(N3CCOC3=O)c2)c(Br)cc1O. The van der Waals surface area contributed by atoms with Crippen molar-refractivity contribution in [2.75, 3.05) is 25.2 Å². The molecule has 1 aliphatic rings. The van der Waals surface area contributed by atoms with Gasteiger partial charge in [-0.1, -0.05) is 28.1 Å². The molecule has 0 aromatic heterocycles. The standard InChI is InChI=1S/C19H16BrNO5/c1-25-18-10-12(15(20)11-17(18)23)5-6-16(22)13-3-2-4-14(9-13)21-7-8-26-19(21)24/h2-6,9-11,23H,7-8H2,1H3. The van der Waals surface area contributed by atoms with E-state index >= 15 is 0 Å². The van der Waals surface area contributed by atoms with Crippen LogP contribution in [0.2, 0.25) is 0 Å². The van der Waals surface area contributed by atoms with Gasteiger partial charge in [-0.3, -0.25) is 9.69 Å². The lowest BCUT2D eigenvalue weighted by Crippen LogP contribution is -2.23. The highest BCUT2D eigenvalue weighted by Gasteiger charge is 2.23. The Morgan fingerprint density at radius 3 is 2.85 bits per heavy atom. The first-order chi connectivity index (χ1) is 12.5. The lowest BCUT2D eigenvalue weighted by atomic mass is 10.1. The molecule has 0 spiro atoms. The second-order valence-electron chi connectivity index (χ2n) is 5.56. The third-order valence-electron chi connectivity index (χ3n) is 3.92. The van der Waals surface area contributed by atoms with E-state index in [0.717, 1.165) is 0 Å². The molecule has 26 heavy (non-hydrogen) atoms. The van der Waals surface area contributed by atoms with E-state index in [1.807, 2.05) is 0 Å². The van der Waals surface area contributed by atoms with Crippen LogP contribution in [0.15, 0.2) is 46.9 Å². The van der Waals surface area contributed by atoms with Gasteiger partial charge in [0.05, 0.1) is 13.7 Å². The van der Waals surface area contributed by atoms with Gasteiger partial charge in [0.1, 0.15) is 6.61 Å². The number of hydrogen-bond acceptors (Lipinski definition) is 5. The fourth-order valence-corrected chi connectivity index (χ4v) is 3.03. The molecule has 3 rings (SSSR count). The summed E-state index contributed by atoms with van der Waals surface area (Å²) >= 11 is 3.34. The van der Waals surface area contributed by atoms with Crippen LogP contribution in [-0.2, 0) is 4.74 Å². The second kappa shape index (κ2) is 7.61. The Morgan fingerprint density at radius 2 is 2.15 bits per heavy atom. The van der Waals surface area contributed by atoms with Crippen LogP contribution in [0.3, 0.4) is 0 Å². The Kier molecular flexibility index (Phi) is 5.27. The quantitative estimate of drug-likeness (QED) is 0.587. The molecule has 0 radical (unpaired) electrons. The number of ether oxygens (including phenoxy) is 2. The summed E-state index contributed by atoms with van der Waals surface area (Å²) < 4.78 is 10.6. The van der Waals surface area contributed by atoms with Crippen molar-refractivity contribution in [3.8, 4) is 11.5 Å². The zero-order valence-corrected chi connectivity index (χ0v) is 15.5. The summed E-state index contributed by atoms with van der Waals surface area (Å²) in [5.74, 6) is 0.112. The van der Waals surface area contributed by atoms with Gasteiger partial charge in [0.15, 0.2) is 17.3 Å². The Hall–Kier alpha value is -2.80. The maximum absolute atomic E-state index is 12.5. The number of nitrogens with zero attached hydrogens (tertiary/aromatic N) is 1. The van der Waals surface area contributed by atoms with E-state index in [0.29, 0.717) is 40.2 Å². The number of phenols is 1. The Balaban J connectivity index is 1.82. The number of benzene rings is 2. The molecule has 0 saturated carbocycles. The largest absolute Gasteiger partial charge is 0.504 e. The number of methoxy groups -OCH3 is 1. The van der Waals surface area contributed by atoms with Crippen molar-refractivity contribution in [3.63, 3.8) is 0 Å². The Bertz CT molecular complexity index is 893. The highest BCUT2D eigenvalue weighted by molar-refractivity contribution is 9.10. The molecule has 1 heterocycles. The van der Waals surface area contributed by atoms with Gasteiger partial charge in [-0.05, 0) is 42.0 Å². The molecule has 2 aromatic carbocycles. The molecule has 0 bridgehead atoms. The normalized spacial score (nSPS) is 13.9. The number of cyclic esters (lactones) is 1. The minimum atomic E-state index is -0.412. The summed E-state index contributed by atoms with van der Waals surface area (Å²) in [5, 5.41) is 9.74. The average molecular weight is 418 g/mol. The minimum Gasteiger partial charge on any atom is -0.504 e. The van der Waals surface area contributed by atoms with E-state index in [1.54, 1.807) is 36.4 Å². The number of allylic oxidation sites excluding steroid dienone is 1. The van der Waals surface area contributed by atoms with E-state index < -0.39 is 6.09 Å². The molecule has 0 aliphatic carbocycles. The highest BCUT2D eigenvalue weighted by atomic mass is 79.9. The maximum Gasteiger partial charge on any atom is 0.414 e. The third-order valence-corrected chi connectivity index (χ3v) is 4.60.